The first kappa shape index (κ1) is 27.5. The van der Waals surface area contributed by atoms with E-state index in [1.54, 1.807) is 49.6 Å². The number of amides is 1. The highest BCUT2D eigenvalue weighted by atomic mass is 16.5. The summed E-state index contributed by atoms with van der Waals surface area (Å²) in [5, 5.41) is 11.4. The van der Waals surface area contributed by atoms with Gasteiger partial charge in [-0.2, -0.15) is 0 Å². The van der Waals surface area contributed by atoms with Crippen molar-refractivity contribution in [3.63, 3.8) is 0 Å². The second-order valence-corrected chi connectivity index (χ2v) is 9.28. The van der Waals surface area contributed by atoms with Crippen molar-refractivity contribution in [3.05, 3.63) is 59.2 Å². The highest BCUT2D eigenvalue weighted by molar-refractivity contribution is 6.46. The molecule has 0 saturated carbocycles. The number of rotatable bonds is 11. The summed E-state index contributed by atoms with van der Waals surface area (Å²) in [5.74, 6) is 0.0949. The van der Waals surface area contributed by atoms with Crippen LogP contribution < -0.4 is 14.2 Å². The molecule has 9 nitrogen and oxygen atoms in total. The van der Waals surface area contributed by atoms with Crippen LogP contribution in [0.25, 0.3) is 5.76 Å². The van der Waals surface area contributed by atoms with Crippen LogP contribution >= 0.6 is 0 Å². The highest BCUT2D eigenvalue weighted by Crippen LogP contribution is 2.44. The molecule has 2 aliphatic rings. The Morgan fingerprint density at radius 3 is 2.37 bits per heavy atom. The van der Waals surface area contributed by atoms with Crippen LogP contribution in [0.4, 0.5) is 0 Å². The van der Waals surface area contributed by atoms with Crippen LogP contribution in [0.5, 0.6) is 17.2 Å². The molecular weight excluding hydrogens is 488 g/mol. The molecule has 2 saturated heterocycles. The van der Waals surface area contributed by atoms with Gasteiger partial charge >= 0.3 is 0 Å². The molecule has 0 aliphatic carbocycles. The fraction of sp³-hybridized carbons (Fsp3) is 0.448. The summed E-state index contributed by atoms with van der Waals surface area (Å²) in [6.45, 7) is 6.76. The first-order valence-corrected chi connectivity index (χ1v) is 13.0. The zero-order chi connectivity index (χ0) is 27.1. The number of ether oxygens (including phenoxy) is 4. The van der Waals surface area contributed by atoms with Crippen molar-refractivity contribution < 1.29 is 33.6 Å². The number of hydrogen-bond donors (Lipinski definition) is 1. The van der Waals surface area contributed by atoms with Crippen LogP contribution in [0.3, 0.4) is 0 Å². The van der Waals surface area contributed by atoms with Gasteiger partial charge in [-0.1, -0.05) is 6.92 Å². The summed E-state index contributed by atoms with van der Waals surface area (Å²) in [4.78, 5) is 30.6. The highest BCUT2D eigenvalue weighted by Gasteiger charge is 2.47. The molecule has 0 aromatic heterocycles. The minimum atomic E-state index is -0.833. The number of nitrogens with zero attached hydrogens (tertiary/aromatic N) is 2. The molecule has 2 aromatic carbocycles. The second kappa shape index (κ2) is 12.8. The fourth-order valence-electron chi connectivity index (χ4n) is 4.86. The van der Waals surface area contributed by atoms with Gasteiger partial charge in [0.1, 0.15) is 23.0 Å². The Labute approximate surface area is 223 Å². The van der Waals surface area contributed by atoms with Gasteiger partial charge in [-0.05, 0) is 55.3 Å². The number of aliphatic hydroxyl groups is 1. The summed E-state index contributed by atoms with van der Waals surface area (Å²) in [5.41, 5.74) is 1.02. The molecule has 2 aliphatic heterocycles. The number of aliphatic hydroxyl groups excluding tert-OH is 1. The molecule has 0 bridgehead atoms. The van der Waals surface area contributed by atoms with Gasteiger partial charge in [-0.15, -0.1) is 0 Å². The number of ketones is 1. The Bertz CT molecular complexity index is 1160. The quantitative estimate of drug-likeness (QED) is 0.270. The molecule has 2 heterocycles. The SMILES string of the molecule is CCCOc1ccc(/C(O)=C2\C(=O)C(=O)N(CCCN3CCOCC3)C2c2cc(OC)ccc2OC)cc1. The van der Waals surface area contributed by atoms with E-state index in [-0.39, 0.29) is 11.3 Å². The topological polar surface area (TPSA) is 97.8 Å². The van der Waals surface area contributed by atoms with Crippen LogP contribution in [-0.2, 0) is 14.3 Å². The third-order valence-electron chi connectivity index (χ3n) is 6.85. The van der Waals surface area contributed by atoms with Gasteiger partial charge in [-0.3, -0.25) is 14.5 Å². The van der Waals surface area contributed by atoms with E-state index in [1.165, 1.54) is 12.0 Å². The molecule has 9 heteroatoms. The van der Waals surface area contributed by atoms with Crippen LogP contribution in [0.2, 0.25) is 0 Å². The molecule has 0 spiro atoms. The Hall–Kier alpha value is -3.56. The normalized spacial score (nSPS) is 19.6. The molecule has 1 amide bonds. The van der Waals surface area contributed by atoms with E-state index in [0.717, 1.165) is 26.1 Å². The summed E-state index contributed by atoms with van der Waals surface area (Å²) in [7, 11) is 3.08. The van der Waals surface area contributed by atoms with Crippen molar-refractivity contribution in [2.24, 2.45) is 0 Å². The molecule has 38 heavy (non-hydrogen) atoms. The molecule has 1 atom stereocenters. The average Bonchev–Trinajstić information content (AvgIpc) is 3.21. The predicted octanol–water partition coefficient (Wildman–Crippen LogP) is 3.64. The molecule has 2 fully saturated rings. The van der Waals surface area contributed by atoms with E-state index in [1.807, 2.05) is 6.92 Å². The Balaban J connectivity index is 1.72. The standard InChI is InChI=1S/C29H36N2O7/c1-4-16-38-21-8-6-20(7-9-21)27(32)25-26(23-19-22(35-2)10-11-24(23)36-3)31(29(34)28(25)33)13-5-12-30-14-17-37-18-15-30/h6-11,19,26,32H,4-5,12-18H2,1-3H3/b27-25+. The number of morpholine rings is 1. The minimum Gasteiger partial charge on any atom is -0.507 e. The molecule has 1 N–H and O–H groups in total. The van der Waals surface area contributed by atoms with Crippen LogP contribution in [0.1, 0.15) is 36.9 Å². The summed E-state index contributed by atoms with van der Waals surface area (Å²) in [6.07, 6.45) is 1.54. The van der Waals surface area contributed by atoms with E-state index in [4.69, 9.17) is 18.9 Å². The van der Waals surface area contributed by atoms with Crippen molar-refractivity contribution >= 4 is 17.4 Å². The number of carbonyl (C=O) groups excluding carboxylic acids is 2. The second-order valence-electron chi connectivity index (χ2n) is 9.28. The maximum Gasteiger partial charge on any atom is 0.295 e. The van der Waals surface area contributed by atoms with Crippen molar-refractivity contribution in [2.45, 2.75) is 25.8 Å². The Morgan fingerprint density at radius 2 is 1.71 bits per heavy atom. The van der Waals surface area contributed by atoms with E-state index in [2.05, 4.69) is 4.90 Å². The van der Waals surface area contributed by atoms with E-state index >= 15 is 0 Å². The van der Waals surface area contributed by atoms with Crippen molar-refractivity contribution in [1.29, 1.82) is 0 Å². The van der Waals surface area contributed by atoms with E-state index in [9.17, 15) is 14.7 Å². The lowest BCUT2D eigenvalue weighted by Gasteiger charge is -2.29. The number of likely N-dealkylation sites (tertiary alicyclic amines) is 1. The predicted molar refractivity (Wildman–Crippen MR) is 143 cm³/mol. The number of methoxy groups -OCH3 is 2. The molecular formula is C29H36N2O7. The number of carbonyl (C=O) groups is 2. The Kier molecular flexibility index (Phi) is 9.25. The van der Waals surface area contributed by atoms with E-state index < -0.39 is 17.7 Å². The Morgan fingerprint density at radius 1 is 1.00 bits per heavy atom. The first-order valence-electron chi connectivity index (χ1n) is 13.0. The molecule has 204 valence electrons. The number of hydrogen-bond acceptors (Lipinski definition) is 8. The minimum absolute atomic E-state index is 0.0233. The molecule has 0 radical (unpaired) electrons. The van der Waals surface area contributed by atoms with Gasteiger partial charge in [0.25, 0.3) is 11.7 Å². The van der Waals surface area contributed by atoms with Gasteiger partial charge in [0.05, 0.1) is 45.7 Å². The third kappa shape index (κ3) is 5.95. The summed E-state index contributed by atoms with van der Waals surface area (Å²) >= 11 is 0. The van der Waals surface area contributed by atoms with Gasteiger partial charge in [0.2, 0.25) is 0 Å². The van der Waals surface area contributed by atoms with E-state index in [0.29, 0.717) is 61.2 Å². The molecule has 4 rings (SSSR count). The number of Topliss-reactive ketones (excluding diaryl/α,β-unsaturated/α-hetero) is 1. The average molecular weight is 525 g/mol. The van der Waals surface area contributed by atoms with Gasteiger partial charge in [0.15, 0.2) is 0 Å². The fourth-order valence-corrected chi connectivity index (χ4v) is 4.86. The van der Waals surface area contributed by atoms with Gasteiger partial charge in [0, 0.05) is 37.3 Å². The molecule has 1 unspecified atom stereocenters. The monoisotopic (exact) mass is 524 g/mol. The molecule has 2 aromatic rings. The van der Waals surface area contributed by atoms with Gasteiger partial charge < -0.3 is 29.0 Å². The lowest BCUT2D eigenvalue weighted by atomic mass is 9.94. The van der Waals surface area contributed by atoms with Crippen LogP contribution in [0.15, 0.2) is 48.0 Å². The lowest BCUT2D eigenvalue weighted by molar-refractivity contribution is -0.140. The maximum absolute atomic E-state index is 13.4. The maximum atomic E-state index is 13.4. The lowest BCUT2D eigenvalue weighted by Crippen LogP contribution is -2.39. The zero-order valence-corrected chi connectivity index (χ0v) is 22.3. The summed E-state index contributed by atoms with van der Waals surface area (Å²) < 4.78 is 22.1. The number of benzene rings is 2. The van der Waals surface area contributed by atoms with Crippen molar-refractivity contribution in [3.8, 4) is 17.2 Å². The van der Waals surface area contributed by atoms with Gasteiger partial charge in [-0.25, -0.2) is 0 Å². The largest absolute Gasteiger partial charge is 0.507 e. The van der Waals surface area contributed by atoms with Crippen molar-refractivity contribution in [2.75, 3.05) is 60.2 Å². The third-order valence-corrected chi connectivity index (χ3v) is 6.85. The first-order chi connectivity index (χ1) is 18.5. The van der Waals surface area contributed by atoms with Crippen LogP contribution in [-0.4, -0.2) is 86.8 Å². The summed E-state index contributed by atoms with van der Waals surface area (Å²) in [6, 6.07) is 11.3. The van der Waals surface area contributed by atoms with Crippen molar-refractivity contribution in [1.82, 2.24) is 9.80 Å². The zero-order valence-electron chi connectivity index (χ0n) is 22.3. The van der Waals surface area contributed by atoms with Crippen LogP contribution in [0, 0.1) is 0 Å². The smallest absolute Gasteiger partial charge is 0.295 e.